The molecule has 18 heavy (non-hydrogen) atoms. The van der Waals surface area contributed by atoms with Crippen molar-refractivity contribution in [2.45, 2.75) is 26.8 Å². The van der Waals surface area contributed by atoms with E-state index < -0.39 is 0 Å². The minimum atomic E-state index is 0.183. The molecule has 0 saturated heterocycles. The number of anilines is 2. The van der Waals surface area contributed by atoms with Gasteiger partial charge in [-0.1, -0.05) is 0 Å². The molecule has 0 fully saturated rings. The Bertz CT molecular complexity index is 418. The summed E-state index contributed by atoms with van der Waals surface area (Å²) in [6.07, 6.45) is 0. The van der Waals surface area contributed by atoms with Crippen molar-refractivity contribution < 1.29 is 0 Å². The molecule has 1 rings (SSSR count). The average Bonchev–Trinajstić information content (AvgIpc) is 2.24. The Kier molecular flexibility index (Phi) is 5.87. The van der Waals surface area contributed by atoms with Crippen molar-refractivity contribution in [2.24, 2.45) is 10.7 Å². The number of rotatable bonds is 5. The van der Waals surface area contributed by atoms with Gasteiger partial charge in [0.15, 0.2) is 5.17 Å². The van der Waals surface area contributed by atoms with Gasteiger partial charge in [0.05, 0.1) is 0 Å². The Balaban J connectivity index is 2.79. The van der Waals surface area contributed by atoms with Crippen LogP contribution in [0.4, 0.5) is 11.6 Å². The lowest BCUT2D eigenvalue weighted by atomic mass is 10.4. The largest absolute Gasteiger partial charge is 0.369 e. The summed E-state index contributed by atoms with van der Waals surface area (Å²) in [5, 5.41) is 6.67. The van der Waals surface area contributed by atoms with Gasteiger partial charge in [-0.25, -0.2) is 9.97 Å². The third-order valence-electron chi connectivity index (χ3n) is 1.91. The molecular weight excluding hydrogens is 248 g/mol. The number of aliphatic imine (C=N–C) groups is 1. The van der Waals surface area contributed by atoms with E-state index in [9.17, 15) is 0 Å². The normalized spacial score (nSPS) is 11.8. The fourth-order valence-electron chi connectivity index (χ4n) is 1.31. The van der Waals surface area contributed by atoms with E-state index >= 15 is 0 Å². The van der Waals surface area contributed by atoms with Crippen LogP contribution in [0.2, 0.25) is 0 Å². The molecular formula is C11H20N6S. The van der Waals surface area contributed by atoms with Gasteiger partial charge >= 0.3 is 0 Å². The molecule has 4 N–H and O–H groups in total. The van der Waals surface area contributed by atoms with Gasteiger partial charge in [0.25, 0.3) is 0 Å². The lowest BCUT2D eigenvalue weighted by Gasteiger charge is -2.09. The van der Waals surface area contributed by atoms with E-state index in [4.69, 9.17) is 5.73 Å². The number of aryl methyl sites for hydroxylation is 1. The van der Waals surface area contributed by atoms with Gasteiger partial charge in [-0.15, -0.1) is 12.6 Å². The smallest absolute Gasteiger partial charge is 0.159 e. The molecule has 0 aliphatic heterocycles. The van der Waals surface area contributed by atoms with Crippen LogP contribution in [0.5, 0.6) is 0 Å². The number of nitrogens with one attached hydrogen (secondary N) is 2. The number of aromatic nitrogens is 2. The van der Waals surface area contributed by atoms with Crippen molar-refractivity contribution in [1.29, 1.82) is 0 Å². The van der Waals surface area contributed by atoms with E-state index in [0.717, 1.165) is 5.82 Å². The van der Waals surface area contributed by atoms with Gasteiger partial charge < -0.3 is 16.4 Å². The van der Waals surface area contributed by atoms with Crippen molar-refractivity contribution in [2.75, 3.05) is 23.7 Å². The predicted molar refractivity (Wildman–Crippen MR) is 79.5 cm³/mol. The van der Waals surface area contributed by atoms with Crippen LogP contribution in [0.3, 0.4) is 0 Å². The standard InChI is InChI=1S/C11H20N6S/c1-7(2)14-11(18)17-10-6-9(13-5-4-12)15-8(3)16-10/h6-7H,4-5,12H2,1-3H3,(H3,13,14,15,16,17,18). The fourth-order valence-corrected chi connectivity index (χ4v) is 1.66. The zero-order valence-corrected chi connectivity index (χ0v) is 11.8. The van der Waals surface area contributed by atoms with Crippen LogP contribution in [0, 0.1) is 6.92 Å². The number of nitrogens with zero attached hydrogens (tertiary/aromatic N) is 3. The highest BCUT2D eigenvalue weighted by atomic mass is 32.1. The molecule has 0 bridgehead atoms. The van der Waals surface area contributed by atoms with Crippen molar-refractivity contribution in [3.8, 4) is 0 Å². The second-order valence-corrected chi connectivity index (χ2v) is 4.50. The Morgan fingerprint density at radius 3 is 2.72 bits per heavy atom. The van der Waals surface area contributed by atoms with Crippen LogP contribution >= 0.6 is 12.6 Å². The lowest BCUT2D eigenvalue weighted by molar-refractivity contribution is 0.839. The molecule has 0 radical (unpaired) electrons. The first-order valence-electron chi connectivity index (χ1n) is 5.84. The van der Waals surface area contributed by atoms with Crippen molar-refractivity contribution in [1.82, 2.24) is 9.97 Å². The third-order valence-corrected chi connectivity index (χ3v) is 2.14. The van der Waals surface area contributed by atoms with Crippen molar-refractivity contribution in [3.63, 3.8) is 0 Å². The molecule has 0 saturated carbocycles. The molecule has 0 amide bonds. The second-order valence-electron chi connectivity index (χ2n) is 4.07. The summed E-state index contributed by atoms with van der Waals surface area (Å²) in [5.41, 5.74) is 5.44. The number of nitrogens with two attached hydrogens (primary N) is 1. The second kappa shape index (κ2) is 7.17. The van der Waals surface area contributed by atoms with Crippen molar-refractivity contribution in [3.05, 3.63) is 11.9 Å². The van der Waals surface area contributed by atoms with Gasteiger partial charge in [0.1, 0.15) is 17.5 Å². The Morgan fingerprint density at radius 2 is 2.11 bits per heavy atom. The van der Waals surface area contributed by atoms with Crippen LogP contribution in [0.1, 0.15) is 19.7 Å². The molecule has 100 valence electrons. The third kappa shape index (κ3) is 5.33. The molecule has 0 aliphatic carbocycles. The van der Waals surface area contributed by atoms with E-state index in [-0.39, 0.29) is 6.04 Å². The molecule has 6 nitrogen and oxygen atoms in total. The number of thiol groups is 1. The molecule has 1 heterocycles. The Hall–Kier alpha value is -1.34. The molecule has 1 aromatic heterocycles. The summed E-state index contributed by atoms with van der Waals surface area (Å²) in [7, 11) is 0. The molecule has 0 unspecified atom stereocenters. The van der Waals surface area contributed by atoms with Crippen molar-refractivity contribution >= 4 is 29.4 Å². The van der Waals surface area contributed by atoms with E-state index in [2.05, 4.69) is 38.2 Å². The topological polar surface area (TPSA) is 88.2 Å². The highest BCUT2D eigenvalue weighted by Crippen LogP contribution is 2.11. The van der Waals surface area contributed by atoms with Crippen LogP contribution in [-0.4, -0.2) is 34.3 Å². The van der Waals surface area contributed by atoms with Crippen LogP contribution < -0.4 is 16.4 Å². The Morgan fingerprint density at radius 1 is 1.44 bits per heavy atom. The predicted octanol–water partition coefficient (Wildman–Crippen LogP) is 1.26. The summed E-state index contributed by atoms with van der Waals surface area (Å²) in [6, 6.07) is 1.98. The maximum Gasteiger partial charge on any atom is 0.159 e. The van der Waals surface area contributed by atoms with Gasteiger partial charge in [0, 0.05) is 25.2 Å². The summed E-state index contributed by atoms with van der Waals surface area (Å²) in [6.45, 7) is 7.02. The summed E-state index contributed by atoms with van der Waals surface area (Å²) < 4.78 is 0. The molecule has 0 atom stereocenters. The van der Waals surface area contributed by atoms with E-state index in [1.807, 2.05) is 20.8 Å². The SMILES string of the molecule is Cc1nc(NCCN)cc(N/C(S)=N/C(C)C)n1. The van der Waals surface area contributed by atoms with E-state index in [0.29, 0.717) is 29.9 Å². The molecule has 0 aromatic carbocycles. The summed E-state index contributed by atoms with van der Waals surface area (Å²) in [4.78, 5) is 12.8. The molecule has 0 spiro atoms. The monoisotopic (exact) mass is 268 g/mol. The zero-order valence-electron chi connectivity index (χ0n) is 10.9. The minimum absolute atomic E-state index is 0.183. The molecule has 1 aromatic rings. The maximum absolute atomic E-state index is 5.44. The highest BCUT2D eigenvalue weighted by molar-refractivity contribution is 7.97. The minimum Gasteiger partial charge on any atom is -0.369 e. The first kappa shape index (κ1) is 14.7. The number of amidine groups is 1. The summed E-state index contributed by atoms with van der Waals surface area (Å²) >= 11 is 4.26. The fraction of sp³-hybridized carbons (Fsp3) is 0.545. The number of hydrogen-bond acceptors (Lipinski definition) is 5. The highest BCUT2D eigenvalue weighted by Gasteiger charge is 2.03. The lowest BCUT2D eigenvalue weighted by Crippen LogP contribution is -2.15. The van der Waals surface area contributed by atoms with Gasteiger partial charge in [-0.05, 0) is 20.8 Å². The summed E-state index contributed by atoms with van der Waals surface area (Å²) in [5.74, 6) is 2.07. The zero-order chi connectivity index (χ0) is 13.5. The quantitative estimate of drug-likeness (QED) is 0.367. The van der Waals surface area contributed by atoms with Gasteiger partial charge in [-0.3, -0.25) is 4.99 Å². The first-order valence-corrected chi connectivity index (χ1v) is 6.29. The molecule has 7 heteroatoms. The molecule has 0 aliphatic rings. The van der Waals surface area contributed by atoms with Crippen LogP contribution in [0.15, 0.2) is 11.1 Å². The van der Waals surface area contributed by atoms with Gasteiger partial charge in [0.2, 0.25) is 0 Å². The van der Waals surface area contributed by atoms with Crippen LogP contribution in [0.25, 0.3) is 0 Å². The Labute approximate surface area is 113 Å². The first-order chi connectivity index (χ1) is 8.51. The average molecular weight is 268 g/mol. The van der Waals surface area contributed by atoms with Gasteiger partial charge in [-0.2, -0.15) is 0 Å². The maximum atomic E-state index is 5.44. The van der Waals surface area contributed by atoms with E-state index in [1.54, 1.807) is 6.07 Å². The van der Waals surface area contributed by atoms with Crippen LogP contribution in [-0.2, 0) is 0 Å². The number of hydrogen-bond donors (Lipinski definition) is 4. The van der Waals surface area contributed by atoms with E-state index in [1.165, 1.54) is 0 Å².